The second kappa shape index (κ2) is 10.7. The van der Waals surface area contributed by atoms with E-state index >= 15 is 0 Å². The van der Waals surface area contributed by atoms with Gasteiger partial charge in [0.05, 0.1) is 47.0 Å². The molecule has 0 saturated carbocycles. The minimum Gasteiger partial charge on any atom is -0.503 e. The Bertz CT molecular complexity index is 1070. The normalized spacial score (nSPS) is 19.2. The van der Waals surface area contributed by atoms with Gasteiger partial charge in [0.1, 0.15) is 5.75 Å². The van der Waals surface area contributed by atoms with Crippen LogP contribution in [0.15, 0.2) is 35.6 Å². The fourth-order valence-electron chi connectivity index (χ4n) is 4.53. The number of hydrogen-bond donors (Lipinski definition) is 1. The first kappa shape index (κ1) is 24.4. The molecule has 1 aromatic carbocycles. The van der Waals surface area contributed by atoms with E-state index in [1.54, 1.807) is 11.8 Å². The van der Waals surface area contributed by atoms with Gasteiger partial charge in [0.25, 0.3) is 5.91 Å². The van der Waals surface area contributed by atoms with E-state index in [2.05, 4.69) is 9.88 Å². The molecule has 1 amide bonds. The van der Waals surface area contributed by atoms with Crippen molar-refractivity contribution >= 4 is 23.0 Å². The van der Waals surface area contributed by atoms with Gasteiger partial charge >= 0.3 is 0 Å². The zero-order chi connectivity index (χ0) is 24.2. The van der Waals surface area contributed by atoms with Gasteiger partial charge in [0.15, 0.2) is 5.76 Å². The Labute approximate surface area is 203 Å². The van der Waals surface area contributed by atoms with Crippen molar-refractivity contribution in [2.75, 3.05) is 46.0 Å². The lowest BCUT2D eigenvalue weighted by atomic mass is 9.95. The van der Waals surface area contributed by atoms with Crippen molar-refractivity contribution in [3.63, 3.8) is 0 Å². The number of morpholine rings is 1. The maximum Gasteiger partial charge on any atom is 0.290 e. The fourth-order valence-corrected chi connectivity index (χ4v) is 5.40. The molecule has 0 spiro atoms. The molecule has 0 aliphatic carbocycles. The summed E-state index contributed by atoms with van der Waals surface area (Å²) in [5.41, 5.74) is 1.48. The number of ether oxygens (including phenoxy) is 2. The quantitative estimate of drug-likeness (QED) is 0.544. The number of aliphatic hydroxyl groups is 1. The van der Waals surface area contributed by atoms with Crippen molar-refractivity contribution < 1.29 is 24.2 Å². The minimum atomic E-state index is -0.665. The Morgan fingerprint density at radius 3 is 2.53 bits per heavy atom. The Balaban J connectivity index is 1.63. The number of Topliss-reactive ketones (excluding diaryl/α,β-unsaturated/α-hetero) is 1. The predicted octanol–water partition coefficient (Wildman–Crippen LogP) is 3.46. The summed E-state index contributed by atoms with van der Waals surface area (Å²) < 4.78 is 11.0. The number of amides is 1. The largest absolute Gasteiger partial charge is 0.503 e. The fraction of sp³-hybridized carbons (Fsp3) is 0.480. The van der Waals surface area contributed by atoms with Crippen LogP contribution < -0.4 is 4.74 Å². The predicted molar refractivity (Wildman–Crippen MR) is 130 cm³/mol. The van der Waals surface area contributed by atoms with Crippen molar-refractivity contribution in [2.24, 2.45) is 0 Å². The average Bonchev–Trinajstić information content (AvgIpc) is 3.30. The molecule has 0 unspecified atom stereocenters. The highest BCUT2D eigenvalue weighted by Crippen LogP contribution is 2.40. The number of hydrogen-bond acceptors (Lipinski definition) is 8. The third-order valence-electron chi connectivity index (χ3n) is 6.14. The molecule has 1 saturated heterocycles. The van der Waals surface area contributed by atoms with Crippen LogP contribution in [0.25, 0.3) is 0 Å². The van der Waals surface area contributed by atoms with Gasteiger partial charge in [-0.1, -0.05) is 12.1 Å². The summed E-state index contributed by atoms with van der Waals surface area (Å²) in [4.78, 5) is 35.5. The lowest BCUT2D eigenvalue weighted by molar-refractivity contribution is -0.129. The summed E-state index contributed by atoms with van der Waals surface area (Å²) in [6, 6.07) is 6.70. The van der Waals surface area contributed by atoms with Crippen LogP contribution in [-0.2, 0) is 9.53 Å². The first-order valence-electron chi connectivity index (χ1n) is 11.7. The molecule has 4 rings (SSSR count). The van der Waals surface area contributed by atoms with E-state index in [9.17, 15) is 14.7 Å². The molecule has 9 heteroatoms. The summed E-state index contributed by atoms with van der Waals surface area (Å²) in [5, 5.41) is 11.6. The van der Waals surface area contributed by atoms with Crippen LogP contribution >= 0.6 is 11.3 Å². The number of thiazole rings is 1. The van der Waals surface area contributed by atoms with Crippen LogP contribution in [0.2, 0.25) is 0 Å². The van der Waals surface area contributed by atoms with Crippen LogP contribution in [0.1, 0.15) is 45.3 Å². The van der Waals surface area contributed by atoms with Crippen LogP contribution in [0.5, 0.6) is 5.75 Å². The van der Waals surface area contributed by atoms with Gasteiger partial charge in [-0.15, -0.1) is 11.3 Å². The Kier molecular flexibility index (Phi) is 7.65. The van der Waals surface area contributed by atoms with Crippen LogP contribution in [0.3, 0.4) is 0 Å². The number of aliphatic hydroxyl groups excluding tert-OH is 1. The van der Waals surface area contributed by atoms with E-state index in [4.69, 9.17) is 9.47 Å². The second-order valence-corrected chi connectivity index (χ2v) is 9.65. The van der Waals surface area contributed by atoms with E-state index in [1.165, 1.54) is 11.3 Å². The third-order valence-corrected chi connectivity index (χ3v) is 7.21. The minimum absolute atomic E-state index is 0.118. The number of benzene rings is 1. The topological polar surface area (TPSA) is 92.2 Å². The standard InChI is InChI=1S/C25H31N3O5S/c1-4-33-19-8-6-18(7-9-19)21-20(22(29)24-16(2)26-17(3)34-24)23(30)25(31)28(21)11-5-10-27-12-14-32-15-13-27/h6-9,21,30H,4-5,10-15H2,1-3H3/t21-/m0/s1. The van der Waals surface area contributed by atoms with Gasteiger partial charge in [0, 0.05) is 26.2 Å². The Morgan fingerprint density at radius 1 is 1.21 bits per heavy atom. The zero-order valence-electron chi connectivity index (χ0n) is 19.9. The highest BCUT2D eigenvalue weighted by Gasteiger charge is 2.44. The monoisotopic (exact) mass is 485 g/mol. The molecule has 2 aromatic rings. The van der Waals surface area contributed by atoms with Gasteiger partial charge in [-0.2, -0.15) is 0 Å². The molecule has 182 valence electrons. The number of ketones is 1. The number of carbonyl (C=O) groups is 2. The van der Waals surface area contributed by atoms with E-state index in [-0.39, 0.29) is 11.4 Å². The Morgan fingerprint density at radius 2 is 1.91 bits per heavy atom. The molecular weight excluding hydrogens is 454 g/mol. The number of aryl methyl sites for hydroxylation is 2. The molecule has 2 aliphatic rings. The summed E-state index contributed by atoms with van der Waals surface area (Å²) in [7, 11) is 0. The second-order valence-electron chi connectivity index (χ2n) is 8.45. The maximum absolute atomic E-state index is 13.6. The van der Waals surface area contributed by atoms with Crippen molar-refractivity contribution in [2.45, 2.75) is 33.2 Å². The van der Waals surface area contributed by atoms with Gasteiger partial charge in [-0.3, -0.25) is 14.5 Å². The van der Waals surface area contributed by atoms with Gasteiger partial charge in [-0.25, -0.2) is 4.98 Å². The van der Waals surface area contributed by atoms with E-state index in [1.807, 2.05) is 38.1 Å². The van der Waals surface area contributed by atoms with E-state index < -0.39 is 17.7 Å². The number of nitrogens with zero attached hydrogens (tertiary/aromatic N) is 3. The molecule has 34 heavy (non-hydrogen) atoms. The molecule has 2 aliphatic heterocycles. The number of aromatic nitrogens is 1. The first-order valence-corrected chi connectivity index (χ1v) is 12.5. The summed E-state index contributed by atoms with van der Waals surface area (Å²) in [5.74, 6) is -0.614. The third kappa shape index (κ3) is 5.01. The van der Waals surface area contributed by atoms with Crippen LogP contribution in [0.4, 0.5) is 0 Å². The van der Waals surface area contributed by atoms with Gasteiger partial charge in [-0.05, 0) is 44.9 Å². The van der Waals surface area contributed by atoms with Crippen molar-refractivity contribution in [3.8, 4) is 5.75 Å². The van der Waals surface area contributed by atoms with E-state index in [0.29, 0.717) is 42.7 Å². The molecule has 0 bridgehead atoms. The smallest absolute Gasteiger partial charge is 0.290 e. The lowest BCUT2D eigenvalue weighted by Gasteiger charge is -2.30. The molecule has 0 radical (unpaired) electrons. The summed E-state index contributed by atoms with van der Waals surface area (Å²) in [6.07, 6.45) is 0.729. The van der Waals surface area contributed by atoms with Crippen molar-refractivity contribution in [1.82, 2.24) is 14.8 Å². The Hall–Kier alpha value is -2.75. The van der Waals surface area contributed by atoms with Crippen LogP contribution in [0, 0.1) is 13.8 Å². The molecule has 1 atom stereocenters. The van der Waals surface area contributed by atoms with Crippen molar-refractivity contribution in [1.29, 1.82) is 0 Å². The van der Waals surface area contributed by atoms with Crippen molar-refractivity contribution in [3.05, 3.63) is 56.7 Å². The molecule has 8 nitrogen and oxygen atoms in total. The van der Waals surface area contributed by atoms with Gasteiger partial charge < -0.3 is 19.5 Å². The average molecular weight is 486 g/mol. The summed E-state index contributed by atoms with van der Waals surface area (Å²) in [6.45, 7) is 10.5. The van der Waals surface area contributed by atoms with Crippen LogP contribution in [-0.4, -0.2) is 77.6 Å². The number of carbonyl (C=O) groups excluding carboxylic acids is 2. The molecule has 1 fully saturated rings. The zero-order valence-corrected chi connectivity index (χ0v) is 20.7. The molecule has 1 N–H and O–H groups in total. The highest BCUT2D eigenvalue weighted by molar-refractivity contribution is 7.14. The molecular formula is C25H31N3O5S. The SMILES string of the molecule is CCOc1ccc([C@H]2C(C(=O)c3sc(C)nc3C)=C(O)C(=O)N2CCCN2CCOCC2)cc1. The van der Waals surface area contributed by atoms with Gasteiger partial charge in [0.2, 0.25) is 5.78 Å². The lowest BCUT2D eigenvalue weighted by Crippen LogP contribution is -2.39. The van der Waals surface area contributed by atoms with E-state index in [0.717, 1.165) is 36.6 Å². The summed E-state index contributed by atoms with van der Waals surface area (Å²) >= 11 is 1.28. The molecule has 1 aromatic heterocycles. The number of rotatable bonds is 9. The highest BCUT2D eigenvalue weighted by atomic mass is 32.1. The maximum atomic E-state index is 13.6. The molecule has 3 heterocycles. The first-order chi connectivity index (χ1) is 16.4.